The number of amides is 2. The van der Waals surface area contributed by atoms with Gasteiger partial charge in [0.05, 0.1) is 22.5 Å². The van der Waals surface area contributed by atoms with Crippen molar-refractivity contribution in [3.63, 3.8) is 0 Å². The Morgan fingerprint density at radius 3 is 1.73 bits per heavy atom. The molecule has 0 N–H and O–H groups in total. The second-order valence-corrected chi connectivity index (χ2v) is 13.5. The second kappa shape index (κ2) is 10.4. The summed E-state index contributed by atoms with van der Waals surface area (Å²) in [5, 5.41) is 14.4. The molecule has 0 fully saturated rings. The minimum Gasteiger partial charge on any atom is -0.311 e. The average molecular weight is 578 g/mol. The molecule has 4 heterocycles. The number of carbonyl (C=O) groups is 2. The highest BCUT2D eigenvalue weighted by molar-refractivity contribution is 7.14. The van der Waals surface area contributed by atoms with E-state index in [1.807, 2.05) is 36.4 Å². The van der Waals surface area contributed by atoms with Gasteiger partial charge in [0, 0.05) is 27.9 Å². The van der Waals surface area contributed by atoms with Crippen molar-refractivity contribution in [2.24, 2.45) is 11.8 Å². The molecule has 0 radical (unpaired) electrons. The number of nitrogens with zero attached hydrogens (tertiary/aromatic N) is 3. The predicted octanol–water partition coefficient (Wildman–Crippen LogP) is 8.26. The molecule has 6 rings (SSSR count). The molecule has 2 aliphatic rings. The summed E-state index contributed by atoms with van der Waals surface area (Å²) in [5.41, 5.74) is 7.87. The highest BCUT2D eigenvalue weighted by atomic mass is 32.1. The SMILES string of the molecule is CC(C)Cc1csc(-c2ccc3c(c2)N(C)C(=O)/C3=C2/C(=O)N(C#N)c3cc(-c4cc(CC(C)C)cs4)ccc32)c1. The van der Waals surface area contributed by atoms with Gasteiger partial charge >= 0.3 is 0 Å². The van der Waals surface area contributed by atoms with Crippen LogP contribution in [0.15, 0.2) is 59.3 Å². The minimum absolute atomic E-state index is 0.237. The molecule has 7 heteroatoms. The molecule has 2 aliphatic heterocycles. The van der Waals surface area contributed by atoms with E-state index in [1.54, 1.807) is 34.6 Å². The maximum atomic E-state index is 13.7. The van der Waals surface area contributed by atoms with Crippen LogP contribution in [0.5, 0.6) is 0 Å². The Balaban J connectivity index is 1.42. The molecule has 0 spiro atoms. The van der Waals surface area contributed by atoms with E-state index < -0.39 is 5.91 Å². The van der Waals surface area contributed by atoms with Gasteiger partial charge in [-0.25, -0.2) is 4.90 Å². The second-order valence-electron chi connectivity index (χ2n) is 11.7. The fourth-order valence-electron chi connectivity index (χ4n) is 5.78. The van der Waals surface area contributed by atoms with Gasteiger partial charge in [0.25, 0.3) is 11.8 Å². The third kappa shape index (κ3) is 4.71. The standard InChI is InChI=1S/C34H31N3O2S2/c1-19(2)10-21-12-29(40-16-21)23-6-8-25-27(14-23)36(5)33(38)31(25)32-26-9-7-24(15-28(26)37(18-35)34(32)39)30-13-22(17-41-30)11-20(3)4/h6-9,12-17,19-20H,10-11H2,1-5H3/b32-31+. The lowest BCUT2D eigenvalue weighted by Gasteiger charge is -2.10. The molecule has 2 aromatic carbocycles. The van der Waals surface area contributed by atoms with E-state index in [0.29, 0.717) is 34.2 Å². The lowest BCUT2D eigenvalue weighted by molar-refractivity contribution is -0.114. The van der Waals surface area contributed by atoms with Gasteiger partial charge in [-0.1, -0.05) is 52.0 Å². The van der Waals surface area contributed by atoms with Crippen LogP contribution in [-0.4, -0.2) is 18.9 Å². The van der Waals surface area contributed by atoms with Crippen LogP contribution in [0.3, 0.4) is 0 Å². The van der Waals surface area contributed by atoms with E-state index >= 15 is 0 Å². The third-order valence-corrected chi connectivity index (χ3v) is 9.64. The van der Waals surface area contributed by atoms with Crippen molar-refractivity contribution in [1.29, 1.82) is 5.26 Å². The van der Waals surface area contributed by atoms with Gasteiger partial charge in [0.2, 0.25) is 0 Å². The Morgan fingerprint density at radius 2 is 1.22 bits per heavy atom. The molecule has 2 amide bonds. The molecule has 41 heavy (non-hydrogen) atoms. The number of carbonyl (C=O) groups excluding carboxylic acids is 2. The number of benzene rings is 2. The van der Waals surface area contributed by atoms with Crippen LogP contribution < -0.4 is 9.80 Å². The number of likely N-dealkylation sites (N-methyl/N-ethyl adjacent to an activating group) is 1. The fraction of sp³-hybridized carbons (Fsp3) is 0.265. The summed E-state index contributed by atoms with van der Waals surface area (Å²) < 4.78 is 0. The van der Waals surface area contributed by atoms with Crippen molar-refractivity contribution >= 4 is 57.0 Å². The van der Waals surface area contributed by atoms with Crippen LogP contribution >= 0.6 is 22.7 Å². The van der Waals surface area contributed by atoms with Crippen LogP contribution in [0.4, 0.5) is 11.4 Å². The number of hydrogen-bond donors (Lipinski definition) is 0. The number of rotatable bonds is 6. The van der Waals surface area contributed by atoms with Crippen molar-refractivity contribution < 1.29 is 9.59 Å². The Hall–Kier alpha value is -3.99. The molecule has 0 atom stereocenters. The number of fused-ring (bicyclic) bond motifs is 2. The summed E-state index contributed by atoms with van der Waals surface area (Å²) in [7, 11) is 1.74. The van der Waals surface area contributed by atoms with E-state index in [9.17, 15) is 14.9 Å². The van der Waals surface area contributed by atoms with Gasteiger partial charge in [-0.2, -0.15) is 5.26 Å². The Labute approximate surface area is 249 Å². The van der Waals surface area contributed by atoms with Crippen LogP contribution in [0.1, 0.15) is 49.9 Å². The van der Waals surface area contributed by atoms with Crippen molar-refractivity contribution in [3.05, 3.63) is 81.5 Å². The average Bonchev–Trinajstić information content (AvgIpc) is 3.69. The van der Waals surface area contributed by atoms with Crippen LogP contribution in [0.2, 0.25) is 0 Å². The van der Waals surface area contributed by atoms with Crippen LogP contribution in [0.25, 0.3) is 32.0 Å². The topological polar surface area (TPSA) is 64.4 Å². The number of hydrogen-bond acceptors (Lipinski definition) is 5. The van der Waals surface area contributed by atoms with Gasteiger partial charge in [0.15, 0.2) is 6.19 Å². The molecule has 0 aliphatic carbocycles. The van der Waals surface area contributed by atoms with Gasteiger partial charge in [-0.05, 0) is 82.0 Å². The summed E-state index contributed by atoms with van der Waals surface area (Å²) >= 11 is 3.37. The number of thiophene rings is 2. The highest BCUT2D eigenvalue weighted by Crippen LogP contribution is 2.48. The molecule has 0 bridgehead atoms. The van der Waals surface area contributed by atoms with Gasteiger partial charge < -0.3 is 4.90 Å². The van der Waals surface area contributed by atoms with E-state index in [-0.39, 0.29) is 5.91 Å². The van der Waals surface area contributed by atoms with Crippen LogP contribution in [0, 0.1) is 23.3 Å². The largest absolute Gasteiger partial charge is 0.311 e. The molecule has 4 aromatic rings. The summed E-state index contributed by atoms with van der Waals surface area (Å²) in [6.45, 7) is 8.82. The van der Waals surface area contributed by atoms with Crippen molar-refractivity contribution in [2.75, 3.05) is 16.8 Å². The Bertz CT molecular complexity index is 1780. The molecule has 206 valence electrons. The maximum Gasteiger partial charge on any atom is 0.273 e. The van der Waals surface area contributed by atoms with E-state index in [2.05, 4.69) is 56.8 Å². The van der Waals surface area contributed by atoms with E-state index in [0.717, 1.165) is 49.9 Å². The zero-order valence-corrected chi connectivity index (χ0v) is 25.5. The molecule has 5 nitrogen and oxygen atoms in total. The van der Waals surface area contributed by atoms with E-state index in [4.69, 9.17) is 0 Å². The maximum absolute atomic E-state index is 13.7. The fourth-order valence-corrected chi connectivity index (χ4v) is 7.63. The third-order valence-electron chi connectivity index (χ3n) is 7.59. The number of anilines is 2. The van der Waals surface area contributed by atoms with Gasteiger partial charge in [0.1, 0.15) is 0 Å². The quantitative estimate of drug-likeness (QED) is 0.171. The summed E-state index contributed by atoms with van der Waals surface area (Å²) in [5.74, 6) is 0.446. The normalized spacial score (nSPS) is 16.2. The summed E-state index contributed by atoms with van der Waals surface area (Å²) in [4.78, 5) is 32.3. The smallest absolute Gasteiger partial charge is 0.273 e. The zero-order chi connectivity index (χ0) is 29.0. The van der Waals surface area contributed by atoms with E-state index in [1.165, 1.54) is 11.1 Å². The highest BCUT2D eigenvalue weighted by Gasteiger charge is 2.41. The zero-order valence-electron chi connectivity index (χ0n) is 23.8. The molecule has 0 saturated carbocycles. The minimum atomic E-state index is -0.461. The first-order valence-electron chi connectivity index (χ1n) is 13.9. The van der Waals surface area contributed by atoms with Crippen molar-refractivity contribution in [1.82, 2.24) is 0 Å². The first kappa shape index (κ1) is 27.2. The Morgan fingerprint density at radius 1 is 0.732 bits per heavy atom. The summed E-state index contributed by atoms with van der Waals surface area (Å²) in [6.07, 6.45) is 4.09. The molecular formula is C34H31N3O2S2. The molecule has 0 unspecified atom stereocenters. The summed E-state index contributed by atoms with van der Waals surface area (Å²) in [6, 6.07) is 16.2. The predicted molar refractivity (Wildman–Crippen MR) is 170 cm³/mol. The molecule has 2 aromatic heterocycles. The first-order valence-corrected chi connectivity index (χ1v) is 15.6. The monoisotopic (exact) mass is 577 g/mol. The number of nitriles is 1. The lowest BCUT2D eigenvalue weighted by atomic mass is 9.94. The molecule has 0 saturated heterocycles. The van der Waals surface area contributed by atoms with Gasteiger partial charge in [-0.15, -0.1) is 22.7 Å². The van der Waals surface area contributed by atoms with Crippen molar-refractivity contribution in [2.45, 2.75) is 40.5 Å². The van der Waals surface area contributed by atoms with Crippen molar-refractivity contribution in [3.8, 4) is 27.1 Å². The molecular weight excluding hydrogens is 547 g/mol. The van der Waals surface area contributed by atoms with Gasteiger partial charge in [-0.3, -0.25) is 9.59 Å². The van der Waals surface area contributed by atoms with Crippen LogP contribution in [-0.2, 0) is 22.4 Å². The lowest BCUT2D eigenvalue weighted by Crippen LogP contribution is -2.23. The first-order chi connectivity index (χ1) is 19.7. The Kier molecular flexibility index (Phi) is 6.93.